The molecule has 2 atom stereocenters. The Hall–Kier alpha value is -1.59. The second-order valence-corrected chi connectivity index (χ2v) is 7.20. The Balaban J connectivity index is 1.64. The largest absolute Gasteiger partial charge is 0.392 e. The molecule has 0 saturated carbocycles. The number of hydrogen-bond donors (Lipinski definition) is 2. The molecule has 0 bridgehead atoms. The highest BCUT2D eigenvalue weighted by Crippen LogP contribution is 2.37. The predicted octanol–water partition coefficient (Wildman–Crippen LogP) is 1.76. The molecule has 2 saturated heterocycles. The van der Waals surface area contributed by atoms with Crippen LogP contribution in [0.1, 0.15) is 31.2 Å². The molecule has 24 heavy (non-hydrogen) atoms. The summed E-state index contributed by atoms with van der Waals surface area (Å²) in [5, 5.41) is 13.9. The number of piperidine rings is 2. The van der Waals surface area contributed by atoms with Gasteiger partial charge in [-0.05, 0) is 43.4 Å². The summed E-state index contributed by atoms with van der Waals surface area (Å²) in [6.07, 6.45) is 2.27. The number of rotatable bonds is 3. The van der Waals surface area contributed by atoms with Crippen molar-refractivity contribution in [2.75, 3.05) is 19.6 Å². The van der Waals surface area contributed by atoms with Crippen LogP contribution in [-0.4, -0.2) is 47.6 Å². The number of amides is 2. The van der Waals surface area contributed by atoms with Crippen LogP contribution >= 0.6 is 11.6 Å². The zero-order valence-electron chi connectivity index (χ0n) is 13.6. The lowest BCUT2D eigenvalue weighted by Gasteiger charge is -2.46. The van der Waals surface area contributed by atoms with Crippen molar-refractivity contribution in [3.63, 3.8) is 0 Å². The zero-order valence-corrected chi connectivity index (χ0v) is 14.4. The van der Waals surface area contributed by atoms with Crippen molar-refractivity contribution in [2.24, 2.45) is 5.41 Å². The Morgan fingerprint density at radius 2 is 2.29 bits per heavy atom. The Labute approximate surface area is 147 Å². The lowest BCUT2D eigenvalue weighted by Crippen LogP contribution is -2.62. The molecule has 0 aromatic heterocycles. The fourth-order valence-electron chi connectivity index (χ4n) is 3.76. The Morgan fingerprint density at radius 3 is 3.04 bits per heavy atom. The van der Waals surface area contributed by atoms with Crippen molar-refractivity contribution >= 4 is 23.4 Å². The molecule has 130 valence electrons. The van der Waals surface area contributed by atoms with Gasteiger partial charge in [-0.1, -0.05) is 23.7 Å². The molecule has 3 rings (SSSR count). The summed E-state index contributed by atoms with van der Waals surface area (Å²) in [7, 11) is 0. The lowest BCUT2D eigenvalue weighted by atomic mass is 9.71. The first-order valence-corrected chi connectivity index (χ1v) is 8.88. The van der Waals surface area contributed by atoms with Crippen LogP contribution < -0.4 is 5.32 Å². The number of aliphatic hydroxyl groups is 1. The monoisotopic (exact) mass is 350 g/mol. The number of aliphatic hydroxyl groups excluding tert-OH is 1. The number of nitrogens with zero attached hydrogens (tertiary/aromatic N) is 1. The molecule has 2 N–H and O–H groups in total. The van der Waals surface area contributed by atoms with Gasteiger partial charge in [0.15, 0.2) is 0 Å². The molecule has 5 nitrogen and oxygen atoms in total. The molecule has 1 aromatic carbocycles. The maximum absolute atomic E-state index is 12.6. The number of benzene rings is 1. The van der Waals surface area contributed by atoms with E-state index in [2.05, 4.69) is 5.32 Å². The van der Waals surface area contributed by atoms with Crippen LogP contribution in [0.2, 0.25) is 5.02 Å². The van der Waals surface area contributed by atoms with Gasteiger partial charge < -0.3 is 15.3 Å². The Bertz CT molecular complexity index is 636. The quantitative estimate of drug-likeness (QED) is 0.872. The third-order valence-electron chi connectivity index (χ3n) is 5.19. The van der Waals surface area contributed by atoms with Crippen molar-refractivity contribution in [2.45, 2.75) is 38.2 Å². The molecule has 2 amide bonds. The van der Waals surface area contributed by atoms with Gasteiger partial charge in [0.2, 0.25) is 11.8 Å². The van der Waals surface area contributed by atoms with Crippen molar-refractivity contribution in [3.8, 4) is 0 Å². The normalized spacial score (nSPS) is 27.2. The summed E-state index contributed by atoms with van der Waals surface area (Å²) >= 11 is 5.97. The minimum Gasteiger partial charge on any atom is -0.392 e. The summed E-state index contributed by atoms with van der Waals surface area (Å²) in [5.74, 6) is -0.0896. The van der Waals surface area contributed by atoms with E-state index in [-0.39, 0.29) is 11.8 Å². The van der Waals surface area contributed by atoms with E-state index >= 15 is 0 Å². The van der Waals surface area contributed by atoms with Gasteiger partial charge in [-0.3, -0.25) is 9.59 Å². The molecule has 2 aliphatic heterocycles. The van der Waals surface area contributed by atoms with E-state index < -0.39 is 11.5 Å². The Kier molecular flexibility index (Phi) is 5.11. The molecular weight excluding hydrogens is 328 g/mol. The Morgan fingerprint density at radius 1 is 1.46 bits per heavy atom. The molecule has 0 unspecified atom stereocenters. The first-order chi connectivity index (χ1) is 11.5. The average Bonchev–Trinajstić information content (AvgIpc) is 2.57. The van der Waals surface area contributed by atoms with Crippen LogP contribution in [-0.2, 0) is 16.0 Å². The van der Waals surface area contributed by atoms with Crippen LogP contribution in [0.15, 0.2) is 24.3 Å². The van der Waals surface area contributed by atoms with Crippen LogP contribution in [0, 0.1) is 5.41 Å². The number of hydrogen-bond acceptors (Lipinski definition) is 3. The van der Waals surface area contributed by atoms with Gasteiger partial charge >= 0.3 is 0 Å². The molecule has 2 heterocycles. The van der Waals surface area contributed by atoms with Gasteiger partial charge in [0.05, 0.1) is 11.5 Å². The highest BCUT2D eigenvalue weighted by molar-refractivity contribution is 6.30. The summed E-state index contributed by atoms with van der Waals surface area (Å²) < 4.78 is 0. The van der Waals surface area contributed by atoms with E-state index in [0.717, 1.165) is 12.0 Å². The van der Waals surface area contributed by atoms with Gasteiger partial charge in [-0.15, -0.1) is 0 Å². The minimum absolute atomic E-state index is 0.0274. The number of nitrogens with one attached hydrogen (secondary N) is 1. The van der Waals surface area contributed by atoms with Crippen LogP contribution in [0.25, 0.3) is 0 Å². The highest BCUT2D eigenvalue weighted by Gasteiger charge is 2.50. The standard InChI is InChI=1S/C18H23ClN2O3/c19-14-4-1-3-13(11-14)5-6-16(23)21-10-7-15(22)18(12-21)8-2-9-20-17(18)24/h1,3-4,11,15,22H,2,5-10,12H2,(H,20,24)/t15-,18-/m1/s1. The molecule has 2 aliphatic rings. The van der Waals surface area contributed by atoms with Crippen LogP contribution in [0.3, 0.4) is 0 Å². The summed E-state index contributed by atoms with van der Waals surface area (Å²) in [6.45, 7) is 1.47. The van der Waals surface area contributed by atoms with Gasteiger partial charge in [-0.25, -0.2) is 0 Å². The van der Waals surface area contributed by atoms with Gasteiger partial charge in [0.25, 0.3) is 0 Å². The maximum atomic E-state index is 12.6. The SMILES string of the molecule is O=C(CCc1cccc(Cl)c1)N1CC[C@@H](O)[C@@]2(CCCNC2=O)C1. The van der Waals surface area contributed by atoms with Crippen LogP contribution in [0.5, 0.6) is 0 Å². The first-order valence-electron chi connectivity index (χ1n) is 8.50. The summed E-state index contributed by atoms with van der Waals surface area (Å²) in [5.41, 5.74) is 0.195. The van der Waals surface area contributed by atoms with Gasteiger partial charge in [0, 0.05) is 31.1 Å². The summed E-state index contributed by atoms with van der Waals surface area (Å²) in [4.78, 5) is 26.7. The molecule has 0 aliphatic carbocycles. The van der Waals surface area contributed by atoms with Gasteiger partial charge in [0.1, 0.15) is 0 Å². The molecule has 0 radical (unpaired) electrons. The zero-order chi connectivity index (χ0) is 17.2. The summed E-state index contributed by atoms with van der Waals surface area (Å²) in [6, 6.07) is 7.51. The van der Waals surface area contributed by atoms with Crippen molar-refractivity contribution in [1.29, 1.82) is 0 Å². The van der Waals surface area contributed by atoms with E-state index in [9.17, 15) is 14.7 Å². The molecule has 1 spiro atoms. The van der Waals surface area contributed by atoms with E-state index in [1.807, 2.05) is 24.3 Å². The van der Waals surface area contributed by atoms with E-state index in [0.29, 0.717) is 50.3 Å². The van der Waals surface area contributed by atoms with Crippen molar-refractivity contribution < 1.29 is 14.7 Å². The van der Waals surface area contributed by atoms with E-state index in [4.69, 9.17) is 11.6 Å². The minimum atomic E-state index is -0.831. The third kappa shape index (κ3) is 3.42. The second-order valence-electron chi connectivity index (χ2n) is 6.77. The first kappa shape index (κ1) is 17.2. The predicted molar refractivity (Wildman–Crippen MR) is 91.7 cm³/mol. The maximum Gasteiger partial charge on any atom is 0.230 e. The van der Waals surface area contributed by atoms with E-state index in [1.165, 1.54) is 0 Å². The number of carbonyl (C=O) groups is 2. The molecule has 1 aromatic rings. The van der Waals surface area contributed by atoms with Crippen LogP contribution in [0.4, 0.5) is 0 Å². The van der Waals surface area contributed by atoms with E-state index in [1.54, 1.807) is 4.90 Å². The van der Waals surface area contributed by atoms with Crippen molar-refractivity contribution in [3.05, 3.63) is 34.9 Å². The molecule has 2 fully saturated rings. The topological polar surface area (TPSA) is 69.6 Å². The fraction of sp³-hybridized carbons (Fsp3) is 0.556. The molecular formula is C18H23ClN2O3. The smallest absolute Gasteiger partial charge is 0.230 e. The third-order valence-corrected chi connectivity index (χ3v) is 5.43. The number of aryl methyl sites for hydroxylation is 1. The fourth-order valence-corrected chi connectivity index (χ4v) is 3.97. The number of likely N-dealkylation sites (tertiary alicyclic amines) is 1. The van der Waals surface area contributed by atoms with Gasteiger partial charge in [-0.2, -0.15) is 0 Å². The number of halogens is 1. The second kappa shape index (κ2) is 7.11. The lowest BCUT2D eigenvalue weighted by molar-refractivity contribution is -0.154. The number of carbonyl (C=O) groups excluding carboxylic acids is 2. The average molecular weight is 351 g/mol. The highest BCUT2D eigenvalue weighted by atomic mass is 35.5. The van der Waals surface area contributed by atoms with Crippen molar-refractivity contribution in [1.82, 2.24) is 10.2 Å². The molecule has 6 heteroatoms.